The first-order chi connectivity index (χ1) is 9.15. The van der Waals surface area contributed by atoms with E-state index in [4.69, 9.17) is 0 Å². The van der Waals surface area contributed by atoms with Gasteiger partial charge in [0, 0.05) is 31.7 Å². The predicted molar refractivity (Wildman–Crippen MR) is 85.6 cm³/mol. The van der Waals surface area contributed by atoms with Crippen molar-refractivity contribution in [2.45, 2.75) is 78.8 Å². The second-order valence-corrected chi connectivity index (χ2v) is 6.48. The lowest BCUT2D eigenvalue weighted by molar-refractivity contribution is 0.0715. The van der Waals surface area contributed by atoms with Gasteiger partial charge in [-0.25, -0.2) is 0 Å². The Labute approximate surface area is 121 Å². The Balaban J connectivity index is 2.64. The standard InChI is InChI=1S/C17H36N2/c1-6-10-16-13-19(12-15(8-3)9-4)17(11-18-16)14(5)7-2/h14-18H,6-13H2,1-5H3. The van der Waals surface area contributed by atoms with Crippen LogP contribution in [0.3, 0.4) is 0 Å². The van der Waals surface area contributed by atoms with Crippen LogP contribution in [0.4, 0.5) is 0 Å². The molecule has 1 saturated heterocycles. The summed E-state index contributed by atoms with van der Waals surface area (Å²) in [6, 6.07) is 1.47. The molecule has 114 valence electrons. The Kier molecular flexibility index (Phi) is 8.01. The maximum atomic E-state index is 3.78. The van der Waals surface area contributed by atoms with E-state index in [1.807, 2.05) is 0 Å². The van der Waals surface area contributed by atoms with Crippen molar-refractivity contribution in [1.82, 2.24) is 10.2 Å². The molecule has 1 aliphatic heterocycles. The zero-order valence-electron chi connectivity index (χ0n) is 13.9. The van der Waals surface area contributed by atoms with Crippen LogP contribution in [-0.4, -0.2) is 36.6 Å². The lowest BCUT2D eigenvalue weighted by Crippen LogP contribution is -2.59. The average molecular weight is 268 g/mol. The van der Waals surface area contributed by atoms with Crippen LogP contribution in [0.25, 0.3) is 0 Å². The van der Waals surface area contributed by atoms with Crippen molar-refractivity contribution >= 4 is 0 Å². The molecule has 1 aliphatic rings. The molecule has 1 fully saturated rings. The summed E-state index contributed by atoms with van der Waals surface area (Å²) >= 11 is 0. The third kappa shape index (κ3) is 5.07. The minimum atomic E-state index is 0.722. The molecule has 0 aromatic rings. The molecule has 3 unspecified atom stereocenters. The van der Waals surface area contributed by atoms with Gasteiger partial charge >= 0.3 is 0 Å². The zero-order chi connectivity index (χ0) is 14.3. The first-order valence-electron chi connectivity index (χ1n) is 8.63. The highest BCUT2D eigenvalue weighted by Gasteiger charge is 2.31. The molecule has 19 heavy (non-hydrogen) atoms. The molecule has 1 N–H and O–H groups in total. The van der Waals surface area contributed by atoms with E-state index in [2.05, 4.69) is 44.8 Å². The number of hydrogen-bond donors (Lipinski definition) is 1. The Morgan fingerprint density at radius 1 is 1.11 bits per heavy atom. The fourth-order valence-corrected chi connectivity index (χ4v) is 3.36. The average Bonchev–Trinajstić information content (AvgIpc) is 2.44. The minimum absolute atomic E-state index is 0.722. The van der Waals surface area contributed by atoms with E-state index in [9.17, 15) is 0 Å². The lowest BCUT2D eigenvalue weighted by atomic mass is 9.91. The molecule has 0 radical (unpaired) electrons. The highest BCUT2D eigenvalue weighted by Crippen LogP contribution is 2.22. The van der Waals surface area contributed by atoms with Crippen molar-refractivity contribution in [3.05, 3.63) is 0 Å². The van der Waals surface area contributed by atoms with Crippen molar-refractivity contribution in [3.8, 4) is 0 Å². The van der Waals surface area contributed by atoms with Crippen LogP contribution in [0.1, 0.15) is 66.7 Å². The Morgan fingerprint density at radius 2 is 1.79 bits per heavy atom. The van der Waals surface area contributed by atoms with Gasteiger partial charge in [0.15, 0.2) is 0 Å². The van der Waals surface area contributed by atoms with Gasteiger partial charge in [0.05, 0.1) is 0 Å². The van der Waals surface area contributed by atoms with Gasteiger partial charge in [-0.1, -0.05) is 60.3 Å². The second-order valence-electron chi connectivity index (χ2n) is 6.48. The van der Waals surface area contributed by atoms with Crippen LogP contribution in [0.2, 0.25) is 0 Å². The highest BCUT2D eigenvalue weighted by molar-refractivity contribution is 4.89. The van der Waals surface area contributed by atoms with E-state index in [0.717, 1.165) is 23.9 Å². The molecule has 0 bridgehead atoms. The van der Waals surface area contributed by atoms with Gasteiger partial charge in [-0.05, 0) is 18.3 Å². The van der Waals surface area contributed by atoms with Gasteiger partial charge in [0.25, 0.3) is 0 Å². The SMILES string of the molecule is CCCC1CN(CC(CC)CC)C(C(C)CC)CN1. The molecule has 2 nitrogen and oxygen atoms in total. The largest absolute Gasteiger partial charge is 0.311 e. The van der Waals surface area contributed by atoms with Crippen LogP contribution in [0.15, 0.2) is 0 Å². The van der Waals surface area contributed by atoms with Crippen LogP contribution in [0, 0.1) is 11.8 Å². The topological polar surface area (TPSA) is 15.3 Å². The van der Waals surface area contributed by atoms with Crippen molar-refractivity contribution < 1.29 is 0 Å². The van der Waals surface area contributed by atoms with Crippen molar-refractivity contribution in [2.24, 2.45) is 11.8 Å². The number of rotatable bonds is 8. The molecule has 0 aliphatic carbocycles. The van der Waals surface area contributed by atoms with E-state index < -0.39 is 0 Å². The molecule has 0 spiro atoms. The van der Waals surface area contributed by atoms with Gasteiger partial charge in [-0.2, -0.15) is 0 Å². The highest BCUT2D eigenvalue weighted by atomic mass is 15.2. The third-order valence-electron chi connectivity index (χ3n) is 5.12. The van der Waals surface area contributed by atoms with Gasteiger partial charge in [-0.15, -0.1) is 0 Å². The molecule has 0 aromatic heterocycles. The Morgan fingerprint density at radius 3 is 2.32 bits per heavy atom. The van der Waals surface area contributed by atoms with Gasteiger partial charge in [0.2, 0.25) is 0 Å². The smallest absolute Gasteiger partial charge is 0.0246 e. The molecule has 0 aromatic carbocycles. The summed E-state index contributed by atoms with van der Waals surface area (Å²) in [5, 5.41) is 3.78. The maximum Gasteiger partial charge on any atom is 0.0246 e. The van der Waals surface area contributed by atoms with Crippen LogP contribution >= 0.6 is 0 Å². The summed E-state index contributed by atoms with van der Waals surface area (Å²) in [7, 11) is 0. The van der Waals surface area contributed by atoms with E-state index in [0.29, 0.717) is 0 Å². The van der Waals surface area contributed by atoms with Crippen molar-refractivity contribution in [2.75, 3.05) is 19.6 Å². The molecule has 1 rings (SSSR count). The number of nitrogens with one attached hydrogen (secondary N) is 1. The molecule has 1 heterocycles. The molecular formula is C17H36N2. The maximum absolute atomic E-state index is 3.78. The summed E-state index contributed by atoms with van der Waals surface area (Å²) in [4.78, 5) is 2.81. The summed E-state index contributed by atoms with van der Waals surface area (Å²) in [6.45, 7) is 15.5. The summed E-state index contributed by atoms with van der Waals surface area (Å²) in [6.07, 6.45) is 6.57. The summed E-state index contributed by atoms with van der Waals surface area (Å²) < 4.78 is 0. The predicted octanol–water partition coefficient (Wildman–Crippen LogP) is 3.91. The lowest BCUT2D eigenvalue weighted by Gasteiger charge is -2.44. The molecule has 3 atom stereocenters. The molecule has 2 heteroatoms. The Hall–Kier alpha value is -0.0800. The van der Waals surface area contributed by atoms with Crippen LogP contribution in [-0.2, 0) is 0 Å². The first-order valence-corrected chi connectivity index (χ1v) is 8.63. The fraction of sp³-hybridized carbons (Fsp3) is 1.00. The van der Waals surface area contributed by atoms with Crippen molar-refractivity contribution in [3.63, 3.8) is 0 Å². The fourth-order valence-electron chi connectivity index (χ4n) is 3.36. The van der Waals surface area contributed by atoms with Gasteiger partial charge < -0.3 is 5.32 Å². The minimum Gasteiger partial charge on any atom is -0.311 e. The Bertz CT molecular complexity index is 225. The third-order valence-corrected chi connectivity index (χ3v) is 5.12. The van der Waals surface area contributed by atoms with Gasteiger partial charge in [-0.3, -0.25) is 4.90 Å². The number of nitrogens with zero attached hydrogens (tertiary/aromatic N) is 1. The first kappa shape index (κ1) is 17.0. The van der Waals surface area contributed by atoms with E-state index in [1.165, 1.54) is 51.7 Å². The van der Waals surface area contributed by atoms with E-state index >= 15 is 0 Å². The quantitative estimate of drug-likeness (QED) is 0.718. The molecule has 0 saturated carbocycles. The molecule has 0 amide bonds. The summed E-state index contributed by atoms with van der Waals surface area (Å²) in [5.41, 5.74) is 0. The van der Waals surface area contributed by atoms with Gasteiger partial charge in [0.1, 0.15) is 0 Å². The van der Waals surface area contributed by atoms with Crippen LogP contribution in [0.5, 0.6) is 0 Å². The summed E-state index contributed by atoms with van der Waals surface area (Å²) in [5.74, 6) is 1.69. The van der Waals surface area contributed by atoms with Crippen LogP contribution < -0.4 is 5.32 Å². The van der Waals surface area contributed by atoms with Crippen molar-refractivity contribution in [1.29, 1.82) is 0 Å². The monoisotopic (exact) mass is 268 g/mol. The van der Waals surface area contributed by atoms with E-state index in [-0.39, 0.29) is 0 Å². The zero-order valence-corrected chi connectivity index (χ0v) is 13.9. The number of piperazine rings is 1. The number of hydrogen-bond acceptors (Lipinski definition) is 2. The normalized spacial score (nSPS) is 26.8. The molecular weight excluding hydrogens is 232 g/mol. The second kappa shape index (κ2) is 8.97. The van der Waals surface area contributed by atoms with E-state index in [1.54, 1.807) is 0 Å².